The average molecular weight is 429 g/mol. The van der Waals surface area contributed by atoms with E-state index in [2.05, 4.69) is 26.0 Å². The minimum Gasteiger partial charge on any atom is -0.386 e. The molecule has 2 heterocycles. The van der Waals surface area contributed by atoms with E-state index >= 15 is 0 Å². The minimum absolute atomic E-state index is 0.387. The lowest BCUT2D eigenvalue weighted by Crippen LogP contribution is -2.38. The number of nitrogens with zero attached hydrogens (tertiary/aromatic N) is 4. The first-order valence-corrected chi connectivity index (χ1v) is 10.3. The monoisotopic (exact) mass is 428 g/mol. The summed E-state index contributed by atoms with van der Waals surface area (Å²) in [6.45, 7) is 1.77. The number of amidine groups is 1. The molecule has 29 heavy (non-hydrogen) atoms. The van der Waals surface area contributed by atoms with E-state index < -0.39 is 0 Å². The first-order valence-electron chi connectivity index (χ1n) is 9.53. The van der Waals surface area contributed by atoms with Crippen molar-refractivity contribution >= 4 is 45.8 Å². The molecule has 0 bridgehead atoms. The lowest BCUT2D eigenvalue weighted by atomic mass is 9.93. The molecule has 8 heteroatoms. The van der Waals surface area contributed by atoms with Gasteiger partial charge in [-0.2, -0.15) is 5.10 Å². The zero-order valence-electron chi connectivity index (χ0n) is 15.9. The second kappa shape index (κ2) is 8.43. The van der Waals surface area contributed by atoms with Crippen LogP contribution in [0.3, 0.4) is 0 Å². The highest BCUT2D eigenvalue weighted by Crippen LogP contribution is 2.37. The lowest BCUT2D eigenvalue weighted by Gasteiger charge is -2.34. The molecule has 1 unspecified atom stereocenters. The molecule has 150 valence electrons. The molecule has 1 atom stereocenters. The molecule has 0 amide bonds. The number of rotatable bonds is 4. The Morgan fingerprint density at radius 2 is 2.03 bits per heavy atom. The number of fused-ring (bicyclic) bond motifs is 1. The second-order valence-electron chi connectivity index (χ2n) is 7.30. The smallest absolute Gasteiger partial charge is 0.140 e. The van der Waals surface area contributed by atoms with Crippen LogP contribution in [0.5, 0.6) is 0 Å². The topological polar surface area (TPSA) is 93.4 Å². The van der Waals surface area contributed by atoms with Crippen LogP contribution in [0.25, 0.3) is 22.0 Å². The van der Waals surface area contributed by atoms with Crippen LogP contribution in [0.15, 0.2) is 47.8 Å². The third-order valence-electron chi connectivity index (χ3n) is 5.36. The Balaban J connectivity index is 1.78. The SMILES string of the molecule is N/N=C(\N)CC1CCCN(c2ncnc3cccc(-c4ccc(Cl)c(Cl)c4)c23)C1. The highest BCUT2D eigenvalue weighted by molar-refractivity contribution is 6.42. The van der Waals surface area contributed by atoms with Gasteiger partial charge in [0.1, 0.15) is 18.0 Å². The fourth-order valence-electron chi connectivity index (χ4n) is 4.01. The Morgan fingerprint density at radius 3 is 2.83 bits per heavy atom. The maximum atomic E-state index is 6.28. The largest absolute Gasteiger partial charge is 0.386 e. The third kappa shape index (κ3) is 4.09. The van der Waals surface area contributed by atoms with Crippen LogP contribution >= 0.6 is 23.2 Å². The van der Waals surface area contributed by atoms with E-state index in [0.717, 1.165) is 53.8 Å². The van der Waals surface area contributed by atoms with Crippen LogP contribution in [0.2, 0.25) is 10.0 Å². The number of benzene rings is 2. The van der Waals surface area contributed by atoms with E-state index in [-0.39, 0.29) is 0 Å². The summed E-state index contributed by atoms with van der Waals surface area (Å²) in [5.74, 6) is 7.12. The molecule has 0 radical (unpaired) electrons. The van der Waals surface area contributed by atoms with E-state index in [9.17, 15) is 0 Å². The Hall–Kier alpha value is -2.57. The van der Waals surface area contributed by atoms with Crippen molar-refractivity contribution in [2.45, 2.75) is 19.3 Å². The van der Waals surface area contributed by atoms with Gasteiger partial charge >= 0.3 is 0 Å². The second-order valence-corrected chi connectivity index (χ2v) is 8.12. The summed E-state index contributed by atoms with van der Waals surface area (Å²) >= 11 is 12.4. The standard InChI is InChI=1S/C21H22Cl2N6/c22-16-7-6-14(10-17(16)23)15-4-1-5-18-20(15)21(27-12-26-18)29-8-2-3-13(11-29)9-19(24)28-25/h1,4-7,10,12-13H,2-3,8-9,11,25H2,(H2,24,28). The van der Waals surface area contributed by atoms with E-state index in [1.807, 2.05) is 30.3 Å². The van der Waals surface area contributed by atoms with Crippen molar-refractivity contribution in [2.75, 3.05) is 18.0 Å². The predicted octanol–water partition coefficient (Wildman–Crippen LogP) is 4.44. The number of halogens is 2. The summed E-state index contributed by atoms with van der Waals surface area (Å²) in [5, 5.41) is 5.69. The summed E-state index contributed by atoms with van der Waals surface area (Å²) in [6, 6.07) is 11.7. The molecule has 0 aliphatic carbocycles. The highest BCUT2D eigenvalue weighted by atomic mass is 35.5. The van der Waals surface area contributed by atoms with Crippen LogP contribution in [0.1, 0.15) is 19.3 Å². The molecule has 1 fully saturated rings. The Kier molecular flexibility index (Phi) is 5.74. The quantitative estimate of drug-likeness (QED) is 0.277. The maximum Gasteiger partial charge on any atom is 0.140 e. The van der Waals surface area contributed by atoms with Crippen molar-refractivity contribution in [3.05, 3.63) is 52.8 Å². The van der Waals surface area contributed by atoms with Gasteiger partial charge in [-0.05, 0) is 48.1 Å². The van der Waals surface area contributed by atoms with Gasteiger partial charge in [-0.25, -0.2) is 9.97 Å². The van der Waals surface area contributed by atoms with Crippen LogP contribution in [-0.4, -0.2) is 28.9 Å². The van der Waals surface area contributed by atoms with Crippen molar-refractivity contribution in [1.29, 1.82) is 0 Å². The summed E-state index contributed by atoms with van der Waals surface area (Å²) in [6.07, 6.45) is 4.46. The molecule has 1 aliphatic rings. The van der Waals surface area contributed by atoms with Crippen molar-refractivity contribution in [2.24, 2.45) is 22.6 Å². The van der Waals surface area contributed by atoms with Gasteiger partial charge in [-0.15, -0.1) is 0 Å². The summed E-state index contributed by atoms with van der Waals surface area (Å²) in [5.41, 5.74) is 8.76. The summed E-state index contributed by atoms with van der Waals surface area (Å²) in [7, 11) is 0. The van der Waals surface area contributed by atoms with Gasteiger partial charge in [-0.1, -0.05) is 41.4 Å². The number of nitrogens with two attached hydrogens (primary N) is 2. The van der Waals surface area contributed by atoms with Crippen molar-refractivity contribution in [1.82, 2.24) is 9.97 Å². The van der Waals surface area contributed by atoms with Crippen LogP contribution < -0.4 is 16.5 Å². The average Bonchev–Trinajstić information content (AvgIpc) is 2.75. The number of piperidine rings is 1. The number of aromatic nitrogens is 2. The first-order chi connectivity index (χ1) is 14.1. The Labute approximate surface area is 179 Å². The Bertz CT molecular complexity index is 1060. The fraction of sp³-hybridized carbons (Fsp3) is 0.286. The summed E-state index contributed by atoms with van der Waals surface area (Å²) < 4.78 is 0. The molecule has 0 spiro atoms. The molecular formula is C21H22Cl2N6. The van der Waals surface area contributed by atoms with Gasteiger partial charge < -0.3 is 16.5 Å². The number of hydrazone groups is 1. The van der Waals surface area contributed by atoms with E-state index in [1.54, 1.807) is 6.33 Å². The van der Waals surface area contributed by atoms with Crippen molar-refractivity contribution in [3.63, 3.8) is 0 Å². The van der Waals surface area contributed by atoms with Crippen molar-refractivity contribution in [3.8, 4) is 11.1 Å². The zero-order chi connectivity index (χ0) is 20.4. The Morgan fingerprint density at radius 1 is 1.17 bits per heavy atom. The molecule has 1 saturated heterocycles. The fourth-order valence-corrected chi connectivity index (χ4v) is 4.31. The molecule has 2 aromatic carbocycles. The van der Waals surface area contributed by atoms with E-state index in [1.165, 1.54) is 0 Å². The zero-order valence-corrected chi connectivity index (χ0v) is 17.4. The number of hydrogen-bond acceptors (Lipinski definition) is 5. The minimum atomic E-state index is 0.387. The van der Waals surface area contributed by atoms with E-state index in [0.29, 0.717) is 28.2 Å². The predicted molar refractivity (Wildman–Crippen MR) is 120 cm³/mol. The van der Waals surface area contributed by atoms with Crippen molar-refractivity contribution < 1.29 is 0 Å². The molecular weight excluding hydrogens is 407 g/mol. The first kappa shape index (κ1) is 19.7. The summed E-state index contributed by atoms with van der Waals surface area (Å²) in [4.78, 5) is 11.5. The van der Waals surface area contributed by atoms with Gasteiger partial charge in [-0.3, -0.25) is 0 Å². The van der Waals surface area contributed by atoms with Crippen LogP contribution in [-0.2, 0) is 0 Å². The number of anilines is 1. The van der Waals surface area contributed by atoms with Gasteiger partial charge in [0.15, 0.2) is 0 Å². The van der Waals surface area contributed by atoms with Gasteiger partial charge in [0.2, 0.25) is 0 Å². The molecule has 4 rings (SSSR count). The van der Waals surface area contributed by atoms with Crippen LogP contribution in [0, 0.1) is 5.92 Å². The maximum absolute atomic E-state index is 6.28. The normalized spacial score (nSPS) is 17.7. The van der Waals surface area contributed by atoms with Gasteiger partial charge in [0, 0.05) is 19.5 Å². The number of hydrogen-bond donors (Lipinski definition) is 2. The molecule has 1 aliphatic heterocycles. The van der Waals surface area contributed by atoms with E-state index in [4.69, 9.17) is 34.8 Å². The lowest BCUT2D eigenvalue weighted by molar-refractivity contribution is 0.424. The molecule has 3 aromatic rings. The van der Waals surface area contributed by atoms with Crippen LogP contribution in [0.4, 0.5) is 5.82 Å². The van der Waals surface area contributed by atoms with Gasteiger partial charge in [0.25, 0.3) is 0 Å². The molecule has 6 nitrogen and oxygen atoms in total. The molecule has 1 aromatic heterocycles. The molecule has 4 N–H and O–H groups in total. The van der Waals surface area contributed by atoms with Gasteiger partial charge in [0.05, 0.1) is 20.9 Å². The third-order valence-corrected chi connectivity index (χ3v) is 6.09. The molecule has 0 saturated carbocycles. The highest BCUT2D eigenvalue weighted by Gasteiger charge is 2.24.